The number of carbonyl (C=O) groups excluding carboxylic acids is 2. The Morgan fingerprint density at radius 2 is 1.94 bits per heavy atom. The summed E-state index contributed by atoms with van der Waals surface area (Å²) >= 11 is 0. The third kappa shape index (κ3) is 4.57. The van der Waals surface area contributed by atoms with Crippen LogP contribution in [0.25, 0.3) is 5.69 Å². The van der Waals surface area contributed by atoms with Crippen molar-refractivity contribution in [3.8, 4) is 5.69 Å². The van der Waals surface area contributed by atoms with Crippen LogP contribution in [0.1, 0.15) is 33.0 Å². The molecule has 160 valence electrons. The van der Waals surface area contributed by atoms with Gasteiger partial charge in [0.25, 0.3) is 11.8 Å². The zero-order valence-electron chi connectivity index (χ0n) is 16.2. The maximum absolute atomic E-state index is 12.8. The van der Waals surface area contributed by atoms with E-state index in [0.29, 0.717) is 30.9 Å². The Morgan fingerprint density at radius 3 is 2.65 bits per heavy atom. The van der Waals surface area contributed by atoms with Crippen LogP contribution in [0, 0.1) is 0 Å². The first kappa shape index (κ1) is 20.6. The van der Waals surface area contributed by atoms with E-state index in [9.17, 15) is 22.8 Å². The van der Waals surface area contributed by atoms with Gasteiger partial charge in [0.2, 0.25) is 0 Å². The van der Waals surface area contributed by atoms with Gasteiger partial charge in [0.05, 0.1) is 5.69 Å². The lowest BCUT2D eigenvalue weighted by Crippen LogP contribution is -2.38. The average molecular weight is 429 g/mol. The number of hydrogen-bond acceptors (Lipinski definition) is 4. The van der Waals surface area contributed by atoms with E-state index in [1.807, 2.05) is 0 Å². The first-order chi connectivity index (χ1) is 14.8. The highest BCUT2D eigenvalue weighted by Gasteiger charge is 2.33. The molecule has 31 heavy (non-hydrogen) atoms. The number of halogens is 3. The summed E-state index contributed by atoms with van der Waals surface area (Å²) in [6.45, 7) is 0.850. The van der Waals surface area contributed by atoms with Crippen LogP contribution in [0.3, 0.4) is 0 Å². The Balaban J connectivity index is 1.41. The summed E-state index contributed by atoms with van der Waals surface area (Å²) in [5, 5.41) is 6.40. The molecule has 4 rings (SSSR count). The van der Waals surface area contributed by atoms with Crippen LogP contribution < -0.4 is 5.32 Å². The van der Waals surface area contributed by atoms with Crippen LogP contribution in [-0.2, 0) is 6.18 Å². The van der Waals surface area contributed by atoms with Crippen molar-refractivity contribution >= 4 is 11.8 Å². The van der Waals surface area contributed by atoms with Gasteiger partial charge in [0.15, 0.2) is 5.69 Å². The number of amides is 2. The number of likely N-dealkylation sites (tertiary alicyclic amines) is 1. The molecule has 0 bridgehead atoms. The molecule has 10 heteroatoms. The summed E-state index contributed by atoms with van der Waals surface area (Å²) in [5.41, 5.74) is -0.0387. The second-order valence-corrected chi connectivity index (χ2v) is 7.12. The van der Waals surface area contributed by atoms with Gasteiger partial charge in [-0.25, -0.2) is 4.68 Å². The maximum Gasteiger partial charge on any atom is 0.435 e. The molecular formula is C21H18F3N5O2. The van der Waals surface area contributed by atoms with Gasteiger partial charge in [-0.15, -0.1) is 0 Å². The van der Waals surface area contributed by atoms with Crippen LogP contribution >= 0.6 is 0 Å². The fraction of sp³-hybridized carbons (Fsp3) is 0.238. The lowest BCUT2D eigenvalue weighted by atomic mass is 10.1. The van der Waals surface area contributed by atoms with E-state index in [4.69, 9.17) is 0 Å². The molecule has 0 saturated carbocycles. The van der Waals surface area contributed by atoms with Gasteiger partial charge in [-0.2, -0.15) is 18.3 Å². The largest absolute Gasteiger partial charge is 0.435 e. The first-order valence-electron chi connectivity index (χ1n) is 9.56. The van der Waals surface area contributed by atoms with Crippen molar-refractivity contribution in [3.05, 3.63) is 77.9 Å². The second kappa shape index (κ2) is 8.21. The summed E-state index contributed by atoms with van der Waals surface area (Å²) in [6.07, 6.45) is -1.20. The molecule has 0 spiro atoms. The fourth-order valence-corrected chi connectivity index (χ4v) is 3.39. The van der Waals surface area contributed by atoms with Crippen molar-refractivity contribution in [3.63, 3.8) is 0 Å². The van der Waals surface area contributed by atoms with Crippen molar-refractivity contribution in [2.75, 3.05) is 13.1 Å². The molecule has 1 saturated heterocycles. The molecule has 1 atom stereocenters. The van der Waals surface area contributed by atoms with Crippen molar-refractivity contribution in [2.24, 2.45) is 0 Å². The highest BCUT2D eigenvalue weighted by Crippen LogP contribution is 2.28. The molecule has 3 heterocycles. The number of alkyl halides is 3. The number of rotatable bonds is 4. The Morgan fingerprint density at radius 1 is 1.10 bits per heavy atom. The summed E-state index contributed by atoms with van der Waals surface area (Å²) in [4.78, 5) is 30.8. The van der Waals surface area contributed by atoms with E-state index in [1.54, 1.807) is 47.5 Å². The van der Waals surface area contributed by atoms with Crippen LogP contribution in [0.15, 0.2) is 60.9 Å². The van der Waals surface area contributed by atoms with Crippen LogP contribution in [0.4, 0.5) is 13.2 Å². The van der Waals surface area contributed by atoms with Gasteiger partial charge in [-0.3, -0.25) is 14.6 Å². The van der Waals surface area contributed by atoms with Gasteiger partial charge in [-0.05, 0) is 42.8 Å². The molecule has 0 aliphatic carbocycles. The molecule has 1 aliphatic rings. The minimum atomic E-state index is -4.54. The number of pyridine rings is 1. The smallest absolute Gasteiger partial charge is 0.347 e. The van der Waals surface area contributed by atoms with Crippen molar-refractivity contribution in [1.82, 2.24) is 25.0 Å². The number of nitrogens with one attached hydrogen (secondary N) is 1. The highest BCUT2D eigenvalue weighted by molar-refractivity contribution is 5.95. The number of hydrogen-bond donors (Lipinski definition) is 1. The topological polar surface area (TPSA) is 80.1 Å². The van der Waals surface area contributed by atoms with E-state index >= 15 is 0 Å². The lowest BCUT2D eigenvalue weighted by Gasteiger charge is -2.17. The zero-order chi connectivity index (χ0) is 22.0. The Bertz CT molecular complexity index is 1100. The van der Waals surface area contributed by atoms with Gasteiger partial charge in [0.1, 0.15) is 5.69 Å². The molecule has 1 aromatic carbocycles. The standard InChI is InChI=1S/C21H18F3N5O2/c22-21(23,24)18-8-11-29(27-18)16-5-3-4-14(12-16)19(30)26-15-7-10-28(13-15)20(31)17-6-1-2-9-25-17/h1-6,8-9,11-12,15H,7,10,13H2,(H,26,30)/t15-/m0/s1. The Labute approximate surface area is 175 Å². The maximum atomic E-state index is 12.8. The van der Waals surface area contributed by atoms with E-state index < -0.39 is 11.9 Å². The third-order valence-corrected chi connectivity index (χ3v) is 4.95. The molecule has 0 unspecified atom stereocenters. The number of aromatic nitrogens is 3. The highest BCUT2D eigenvalue weighted by atomic mass is 19.4. The van der Waals surface area contributed by atoms with E-state index in [0.717, 1.165) is 10.7 Å². The fourth-order valence-electron chi connectivity index (χ4n) is 3.39. The Kier molecular flexibility index (Phi) is 5.45. The van der Waals surface area contributed by atoms with Crippen LogP contribution in [0.5, 0.6) is 0 Å². The summed E-state index contributed by atoms with van der Waals surface area (Å²) < 4.78 is 39.4. The van der Waals surface area contributed by atoms with Gasteiger partial charge < -0.3 is 10.2 Å². The van der Waals surface area contributed by atoms with Crippen molar-refractivity contribution in [2.45, 2.75) is 18.6 Å². The van der Waals surface area contributed by atoms with Gasteiger partial charge >= 0.3 is 6.18 Å². The van der Waals surface area contributed by atoms with Gasteiger partial charge in [-0.1, -0.05) is 12.1 Å². The predicted molar refractivity (Wildman–Crippen MR) is 105 cm³/mol. The minimum absolute atomic E-state index is 0.196. The first-order valence-corrected chi connectivity index (χ1v) is 9.56. The number of nitrogens with zero attached hydrogens (tertiary/aromatic N) is 4. The van der Waals surface area contributed by atoms with E-state index in [-0.39, 0.29) is 23.4 Å². The molecule has 2 aromatic heterocycles. The van der Waals surface area contributed by atoms with Crippen LogP contribution in [-0.4, -0.2) is 50.6 Å². The lowest BCUT2D eigenvalue weighted by molar-refractivity contribution is -0.141. The van der Waals surface area contributed by atoms with Crippen LogP contribution in [0.2, 0.25) is 0 Å². The zero-order valence-corrected chi connectivity index (χ0v) is 16.2. The average Bonchev–Trinajstić information content (AvgIpc) is 3.44. The molecule has 3 aromatic rings. The van der Waals surface area contributed by atoms with Crippen molar-refractivity contribution < 1.29 is 22.8 Å². The molecule has 1 N–H and O–H groups in total. The van der Waals surface area contributed by atoms with Gasteiger partial charge in [0, 0.05) is 37.1 Å². The van der Waals surface area contributed by atoms with Crippen molar-refractivity contribution in [1.29, 1.82) is 0 Å². The molecule has 7 nitrogen and oxygen atoms in total. The second-order valence-electron chi connectivity index (χ2n) is 7.12. The SMILES string of the molecule is O=C(N[C@H]1CCN(C(=O)c2ccccn2)C1)c1cccc(-n2ccc(C(F)(F)F)n2)c1. The Hall–Kier alpha value is -3.69. The number of benzene rings is 1. The molecule has 2 amide bonds. The quantitative estimate of drug-likeness (QED) is 0.692. The minimum Gasteiger partial charge on any atom is -0.347 e. The normalized spacial score (nSPS) is 16.4. The monoisotopic (exact) mass is 429 g/mol. The number of carbonyl (C=O) groups is 2. The summed E-state index contributed by atoms with van der Waals surface area (Å²) in [6, 6.07) is 11.9. The molecular weight excluding hydrogens is 411 g/mol. The predicted octanol–water partition coefficient (Wildman–Crippen LogP) is 2.93. The molecule has 1 fully saturated rings. The van der Waals surface area contributed by atoms with E-state index in [1.165, 1.54) is 12.3 Å². The van der Waals surface area contributed by atoms with E-state index in [2.05, 4.69) is 15.4 Å². The molecule has 0 radical (unpaired) electrons. The summed E-state index contributed by atoms with van der Waals surface area (Å²) in [7, 11) is 0. The third-order valence-electron chi connectivity index (χ3n) is 4.95. The molecule has 1 aliphatic heterocycles. The summed E-state index contributed by atoms with van der Waals surface area (Å²) in [5.74, 6) is -0.569.